The number of aryl methyl sites for hydroxylation is 2. The van der Waals surface area contributed by atoms with Crippen molar-refractivity contribution >= 4 is 23.4 Å². The molecule has 2 heterocycles. The summed E-state index contributed by atoms with van der Waals surface area (Å²) in [5, 5.41) is 11.8. The Morgan fingerprint density at radius 1 is 1.03 bits per heavy atom. The Balaban J connectivity index is 1.63. The number of hydrogen-bond acceptors (Lipinski definition) is 5. The van der Waals surface area contributed by atoms with Crippen LogP contribution in [-0.2, 0) is 11.8 Å². The molecule has 1 atom stereocenters. The lowest BCUT2D eigenvalue weighted by molar-refractivity contribution is -0.115. The molecule has 0 saturated heterocycles. The van der Waals surface area contributed by atoms with E-state index in [1.54, 1.807) is 6.26 Å². The van der Waals surface area contributed by atoms with Crippen LogP contribution >= 0.6 is 11.8 Å². The fraction of sp³-hybridized carbons (Fsp3) is 0.174. The first kappa shape index (κ1) is 20.0. The molecule has 7 heteroatoms. The first-order valence-electron chi connectivity index (χ1n) is 9.56. The maximum atomic E-state index is 13.2. The highest BCUT2D eigenvalue weighted by atomic mass is 32.2. The standard InChI is InChI=1S/C23H22N4O2S/c1-15-9-11-18(12-10-15)24-22(28)20(17-7-5-4-6-8-17)30-23-26-25-21(27(23)3)19-13-14-29-16(19)2/h4-14,20H,1-3H3,(H,24,28). The summed E-state index contributed by atoms with van der Waals surface area (Å²) >= 11 is 1.37. The van der Waals surface area contributed by atoms with E-state index in [9.17, 15) is 4.79 Å². The SMILES string of the molecule is Cc1ccc(NC(=O)C(Sc2nnc(-c3ccoc3C)n2C)c2ccccc2)cc1. The third-order valence-electron chi connectivity index (χ3n) is 4.82. The minimum absolute atomic E-state index is 0.112. The van der Waals surface area contributed by atoms with Crippen LogP contribution in [-0.4, -0.2) is 20.7 Å². The number of benzene rings is 2. The van der Waals surface area contributed by atoms with Crippen LogP contribution in [0.25, 0.3) is 11.4 Å². The summed E-state index contributed by atoms with van der Waals surface area (Å²) < 4.78 is 7.28. The first-order chi connectivity index (χ1) is 14.5. The zero-order valence-electron chi connectivity index (χ0n) is 17.0. The number of rotatable bonds is 6. The molecule has 1 amide bonds. The van der Waals surface area contributed by atoms with Crippen LogP contribution in [0.3, 0.4) is 0 Å². The van der Waals surface area contributed by atoms with Gasteiger partial charge in [-0.1, -0.05) is 59.8 Å². The zero-order chi connectivity index (χ0) is 21.1. The normalized spacial score (nSPS) is 12.0. The number of carbonyl (C=O) groups is 1. The number of furan rings is 1. The number of nitrogens with one attached hydrogen (secondary N) is 1. The molecule has 2 aromatic heterocycles. The van der Waals surface area contributed by atoms with Gasteiger partial charge in [-0.25, -0.2) is 0 Å². The summed E-state index contributed by atoms with van der Waals surface area (Å²) in [5.41, 5.74) is 3.69. The summed E-state index contributed by atoms with van der Waals surface area (Å²) in [6, 6.07) is 19.3. The van der Waals surface area contributed by atoms with Gasteiger partial charge in [0.2, 0.25) is 5.91 Å². The van der Waals surface area contributed by atoms with Gasteiger partial charge >= 0.3 is 0 Å². The van der Waals surface area contributed by atoms with Crippen molar-refractivity contribution in [1.29, 1.82) is 0 Å². The highest BCUT2D eigenvalue weighted by molar-refractivity contribution is 8.00. The van der Waals surface area contributed by atoms with Gasteiger partial charge in [0, 0.05) is 12.7 Å². The quantitative estimate of drug-likeness (QED) is 0.438. The fourth-order valence-electron chi connectivity index (χ4n) is 3.12. The average Bonchev–Trinajstić information content (AvgIpc) is 3.33. The van der Waals surface area contributed by atoms with Gasteiger partial charge in [0.15, 0.2) is 11.0 Å². The molecule has 0 radical (unpaired) electrons. The van der Waals surface area contributed by atoms with Crippen LogP contribution in [0.2, 0.25) is 0 Å². The molecule has 0 aliphatic carbocycles. The van der Waals surface area contributed by atoms with Crippen molar-refractivity contribution in [3.05, 3.63) is 83.8 Å². The van der Waals surface area contributed by atoms with E-state index < -0.39 is 5.25 Å². The topological polar surface area (TPSA) is 73.0 Å². The minimum Gasteiger partial charge on any atom is -0.469 e. The molecule has 0 fully saturated rings. The maximum Gasteiger partial charge on any atom is 0.242 e. The Kier molecular flexibility index (Phi) is 5.72. The van der Waals surface area contributed by atoms with E-state index in [1.165, 1.54) is 11.8 Å². The van der Waals surface area contributed by atoms with Crippen molar-refractivity contribution in [2.75, 3.05) is 5.32 Å². The Hall–Kier alpha value is -3.32. The lowest BCUT2D eigenvalue weighted by Crippen LogP contribution is -2.19. The van der Waals surface area contributed by atoms with E-state index in [0.717, 1.165) is 28.1 Å². The van der Waals surface area contributed by atoms with Gasteiger partial charge in [0.05, 0.1) is 11.8 Å². The summed E-state index contributed by atoms with van der Waals surface area (Å²) in [6.07, 6.45) is 1.63. The van der Waals surface area contributed by atoms with Crippen molar-refractivity contribution in [1.82, 2.24) is 14.8 Å². The van der Waals surface area contributed by atoms with Gasteiger partial charge < -0.3 is 14.3 Å². The second-order valence-electron chi connectivity index (χ2n) is 7.02. The molecule has 152 valence electrons. The smallest absolute Gasteiger partial charge is 0.242 e. The van der Waals surface area contributed by atoms with Gasteiger partial charge in [-0.3, -0.25) is 4.79 Å². The number of hydrogen-bond donors (Lipinski definition) is 1. The average molecular weight is 419 g/mol. The molecule has 0 bridgehead atoms. The zero-order valence-corrected chi connectivity index (χ0v) is 17.8. The number of anilines is 1. The number of carbonyl (C=O) groups excluding carboxylic acids is 1. The predicted molar refractivity (Wildman–Crippen MR) is 118 cm³/mol. The van der Waals surface area contributed by atoms with E-state index >= 15 is 0 Å². The second kappa shape index (κ2) is 8.59. The summed E-state index contributed by atoms with van der Waals surface area (Å²) in [7, 11) is 1.89. The molecule has 0 aliphatic rings. The Morgan fingerprint density at radius 2 is 1.77 bits per heavy atom. The molecular weight excluding hydrogens is 396 g/mol. The second-order valence-corrected chi connectivity index (χ2v) is 8.09. The molecule has 2 aromatic carbocycles. The molecule has 0 saturated carbocycles. The monoisotopic (exact) mass is 418 g/mol. The van der Waals surface area contributed by atoms with E-state index in [-0.39, 0.29) is 5.91 Å². The lowest BCUT2D eigenvalue weighted by Gasteiger charge is -2.16. The van der Waals surface area contributed by atoms with E-state index in [1.807, 2.05) is 86.1 Å². The number of nitrogens with zero attached hydrogens (tertiary/aromatic N) is 3. The Bertz CT molecular complexity index is 1150. The molecule has 4 aromatic rings. The van der Waals surface area contributed by atoms with E-state index in [4.69, 9.17) is 4.42 Å². The predicted octanol–water partition coefficient (Wildman–Crippen LogP) is 5.16. The highest BCUT2D eigenvalue weighted by Gasteiger charge is 2.26. The molecule has 0 spiro atoms. The molecule has 30 heavy (non-hydrogen) atoms. The molecule has 1 N–H and O–H groups in total. The van der Waals surface area contributed by atoms with Crippen molar-refractivity contribution in [3.63, 3.8) is 0 Å². The number of aromatic nitrogens is 3. The molecule has 0 aliphatic heterocycles. The fourth-order valence-corrected chi connectivity index (χ4v) is 4.12. The molecular formula is C23H22N4O2S. The molecule has 6 nitrogen and oxygen atoms in total. The molecule has 4 rings (SSSR count). The first-order valence-corrected chi connectivity index (χ1v) is 10.4. The highest BCUT2D eigenvalue weighted by Crippen LogP contribution is 2.36. The Morgan fingerprint density at radius 3 is 2.43 bits per heavy atom. The third-order valence-corrected chi connectivity index (χ3v) is 6.11. The minimum atomic E-state index is -0.478. The van der Waals surface area contributed by atoms with Gasteiger partial charge in [-0.15, -0.1) is 10.2 Å². The molecule has 1 unspecified atom stereocenters. The van der Waals surface area contributed by atoms with Crippen molar-refractivity contribution in [3.8, 4) is 11.4 Å². The van der Waals surface area contributed by atoms with E-state index in [2.05, 4.69) is 15.5 Å². The number of thioether (sulfide) groups is 1. The third kappa shape index (κ3) is 4.16. The van der Waals surface area contributed by atoms with Crippen molar-refractivity contribution in [2.45, 2.75) is 24.3 Å². The van der Waals surface area contributed by atoms with Gasteiger partial charge in [-0.2, -0.15) is 0 Å². The lowest BCUT2D eigenvalue weighted by atomic mass is 10.1. The Labute approximate surface area is 179 Å². The number of amides is 1. The van der Waals surface area contributed by atoms with Gasteiger partial charge in [0.25, 0.3) is 0 Å². The van der Waals surface area contributed by atoms with Crippen LogP contribution in [0.4, 0.5) is 5.69 Å². The van der Waals surface area contributed by atoms with Crippen LogP contribution in [0, 0.1) is 13.8 Å². The van der Waals surface area contributed by atoms with Crippen LogP contribution in [0.5, 0.6) is 0 Å². The summed E-state index contributed by atoms with van der Waals surface area (Å²) in [5.74, 6) is 1.37. The maximum absolute atomic E-state index is 13.2. The summed E-state index contributed by atoms with van der Waals surface area (Å²) in [6.45, 7) is 3.90. The van der Waals surface area contributed by atoms with Crippen LogP contribution in [0.1, 0.15) is 22.1 Å². The van der Waals surface area contributed by atoms with Gasteiger partial charge in [-0.05, 0) is 37.6 Å². The van der Waals surface area contributed by atoms with E-state index in [0.29, 0.717) is 11.0 Å². The van der Waals surface area contributed by atoms with Crippen molar-refractivity contribution in [2.24, 2.45) is 7.05 Å². The van der Waals surface area contributed by atoms with Crippen LogP contribution < -0.4 is 5.32 Å². The van der Waals surface area contributed by atoms with Crippen LogP contribution in [0.15, 0.2) is 76.5 Å². The van der Waals surface area contributed by atoms with Gasteiger partial charge in [0.1, 0.15) is 11.0 Å². The summed E-state index contributed by atoms with van der Waals surface area (Å²) in [4.78, 5) is 13.2. The van der Waals surface area contributed by atoms with Crippen molar-refractivity contribution < 1.29 is 9.21 Å². The largest absolute Gasteiger partial charge is 0.469 e.